The summed E-state index contributed by atoms with van der Waals surface area (Å²) in [5.41, 5.74) is 0.666. The highest BCUT2D eigenvalue weighted by Crippen LogP contribution is 2.12. The lowest BCUT2D eigenvalue weighted by Gasteiger charge is -2.23. The predicted octanol–water partition coefficient (Wildman–Crippen LogP) is 1.97. The molecule has 1 N–H and O–H groups in total. The summed E-state index contributed by atoms with van der Waals surface area (Å²) < 4.78 is 0. The van der Waals surface area contributed by atoms with Crippen molar-refractivity contribution >= 4 is 11.9 Å². The number of carboxylic acid groups (broad SMARTS) is 1. The molecule has 0 saturated carbocycles. The summed E-state index contributed by atoms with van der Waals surface area (Å²) in [6.45, 7) is 9.65. The second-order valence-electron chi connectivity index (χ2n) is 4.41. The van der Waals surface area contributed by atoms with Gasteiger partial charge in [-0.25, -0.2) is 14.8 Å². The van der Waals surface area contributed by atoms with Crippen molar-refractivity contribution in [2.75, 3.05) is 18.0 Å². The maximum absolute atomic E-state index is 10.9. The quantitative estimate of drug-likeness (QED) is 0.848. The van der Waals surface area contributed by atoms with E-state index in [4.69, 9.17) is 5.11 Å². The van der Waals surface area contributed by atoms with Gasteiger partial charge in [-0.05, 0) is 19.8 Å². The second-order valence-corrected chi connectivity index (χ2v) is 4.41. The molecule has 1 aromatic heterocycles. The number of rotatable bonds is 5. The fourth-order valence-electron chi connectivity index (χ4n) is 1.61. The molecular weight excluding hydrogens is 218 g/mol. The van der Waals surface area contributed by atoms with Gasteiger partial charge in [0.25, 0.3) is 0 Å². The van der Waals surface area contributed by atoms with Crippen LogP contribution in [0.25, 0.3) is 0 Å². The number of carbonyl (C=O) groups is 1. The number of nitrogens with zero attached hydrogens (tertiary/aromatic N) is 3. The van der Waals surface area contributed by atoms with Crippen LogP contribution in [-0.4, -0.2) is 34.1 Å². The van der Waals surface area contributed by atoms with Gasteiger partial charge < -0.3 is 10.0 Å². The van der Waals surface area contributed by atoms with Crippen LogP contribution in [0.15, 0.2) is 6.20 Å². The Labute approximate surface area is 102 Å². The molecule has 0 bridgehead atoms. The molecule has 94 valence electrons. The third-order valence-electron chi connectivity index (χ3n) is 2.45. The van der Waals surface area contributed by atoms with Crippen molar-refractivity contribution in [3.05, 3.63) is 17.5 Å². The Bertz CT molecular complexity index is 405. The summed E-state index contributed by atoms with van der Waals surface area (Å²) in [5, 5.41) is 8.90. The van der Waals surface area contributed by atoms with Crippen LogP contribution in [0.3, 0.4) is 0 Å². The molecule has 1 aromatic rings. The Morgan fingerprint density at radius 1 is 1.53 bits per heavy atom. The Morgan fingerprint density at radius 2 is 2.18 bits per heavy atom. The summed E-state index contributed by atoms with van der Waals surface area (Å²) in [7, 11) is 0. The van der Waals surface area contributed by atoms with E-state index >= 15 is 0 Å². The highest BCUT2D eigenvalue weighted by atomic mass is 16.4. The Kier molecular flexibility index (Phi) is 4.43. The number of aryl methyl sites for hydroxylation is 1. The lowest BCUT2D eigenvalue weighted by molar-refractivity contribution is 0.0695. The van der Waals surface area contributed by atoms with Gasteiger partial charge in [-0.2, -0.15) is 0 Å². The van der Waals surface area contributed by atoms with E-state index in [1.165, 1.54) is 6.20 Å². The van der Waals surface area contributed by atoms with E-state index in [-0.39, 0.29) is 5.56 Å². The van der Waals surface area contributed by atoms with Gasteiger partial charge >= 0.3 is 5.97 Å². The van der Waals surface area contributed by atoms with E-state index in [0.29, 0.717) is 17.6 Å². The first-order valence-electron chi connectivity index (χ1n) is 5.77. The molecule has 1 heterocycles. The summed E-state index contributed by atoms with van der Waals surface area (Å²) in [5.74, 6) is 0.127. The fourth-order valence-corrected chi connectivity index (χ4v) is 1.61. The molecule has 0 amide bonds. The number of aromatic nitrogens is 2. The van der Waals surface area contributed by atoms with Crippen LogP contribution >= 0.6 is 0 Å². The molecule has 0 unspecified atom stereocenters. The van der Waals surface area contributed by atoms with Gasteiger partial charge in [0.1, 0.15) is 0 Å². The average Bonchev–Trinajstić information content (AvgIpc) is 2.24. The molecule has 0 aliphatic carbocycles. The molecule has 0 radical (unpaired) electrons. The van der Waals surface area contributed by atoms with Gasteiger partial charge in [-0.1, -0.05) is 13.8 Å². The van der Waals surface area contributed by atoms with Crippen LogP contribution in [0, 0.1) is 12.8 Å². The Hall–Kier alpha value is -1.65. The maximum atomic E-state index is 10.9. The second kappa shape index (κ2) is 5.61. The van der Waals surface area contributed by atoms with Crippen molar-refractivity contribution in [1.82, 2.24) is 9.97 Å². The van der Waals surface area contributed by atoms with Crippen molar-refractivity contribution in [3.63, 3.8) is 0 Å². The van der Waals surface area contributed by atoms with Crippen LogP contribution in [0.2, 0.25) is 0 Å². The predicted molar refractivity (Wildman–Crippen MR) is 66.5 cm³/mol. The van der Waals surface area contributed by atoms with Gasteiger partial charge in [0.05, 0.1) is 11.3 Å². The Balaban J connectivity index is 2.98. The van der Waals surface area contributed by atoms with Gasteiger partial charge in [-0.3, -0.25) is 0 Å². The fraction of sp³-hybridized carbons (Fsp3) is 0.583. The van der Waals surface area contributed by atoms with Gasteiger partial charge in [0.15, 0.2) is 0 Å². The van der Waals surface area contributed by atoms with Gasteiger partial charge in [0.2, 0.25) is 5.95 Å². The minimum atomic E-state index is -0.985. The number of hydrogen-bond acceptors (Lipinski definition) is 4. The van der Waals surface area contributed by atoms with Crippen LogP contribution in [0.1, 0.15) is 36.8 Å². The molecular formula is C12H19N3O2. The van der Waals surface area contributed by atoms with E-state index in [9.17, 15) is 4.79 Å². The molecule has 1 rings (SSSR count). The van der Waals surface area contributed by atoms with Crippen molar-refractivity contribution in [2.24, 2.45) is 5.92 Å². The number of aromatic carboxylic acids is 1. The summed E-state index contributed by atoms with van der Waals surface area (Å²) in [6, 6.07) is 0. The van der Waals surface area contributed by atoms with Crippen LogP contribution in [0.5, 0.6) is 0 Å². The largest absolute Gasteiger partial charge is 0.478 e. The third-order valence-corrected chi connectivity index (χ3v) is 2.45. The zero-order valence-corrected chi connectivity index (χ0v) is 10.8. The zero-order chi connectivity index (χ0) is 13.0. The topological polar surface area (TPSA) is 66.3 Å². The van der Waals surface area contributed by atoms with Crippen molar-refractivity contribution < 1.29 is 9.90 Å². The molecule has 0 aliphatic heterocycles. The molecule has 5 nitrogen and oxygen atoms in total. The van der Waals surface area contributed by atoms with Crippen molar-refractivity contribution in [1.29, 1.82) is 0 Å². The monoisotopic (exact) mass is 237 g/mol. The first kappa shape index (κ1) is 13.4. The molecule has 0 saturated heterocycles. The number of anilines is 1. The maximum Gasteiger partial charge on any atom is 0.339 e. The summed E-state index contributed by atoms with van der Waals surface area (Å²) in [6.07, 6.45) is 1.38. The highest BCUT2D eigenvalue weighted by molar-refractivity contribution is 5.88. The SMILES string of the molecule is CCN(CC(C)C)c1ncc(C(=O)O)c(C)n1. The van der Waals surface area contributed by atoms with Gasteiger partial charge in [-0.15, -0.1) is 0 Å². The van der Waals surface area contributed by atoms with Crippen molar-refractivity contribution in [3.8, 4) is 0 Å². The van der Waals surface area contributed by atoms with E-state index in [2.05, 4.69) is 23.8 Å². The summed E-state index contributed by atoms with van der Waals surface area (Å²) >= 11 is 0. The third kappa shape index (κ3) is 3.41. The van der Waals surface area contributed by atoms with Crippen LogP contribution in [0.4, 0.5) is 5.95 Å². The molecule has 17 heavy (non-hydrogen) atoms. The smallest absolute Gasteiger partial charge is 0.339 e. The molecule has 0 aliphatic rings. The van der Waals surface area contributed by atoms with E-state index < -0.39 is 5.97 Å². The average molecular weight is 237 g/mol. The molecule has 5 heteroatoms. The molecule has 0 aromatic carbocycles. The number of hydrogen-bond donors (Lipinski definition) is 1. The standard InChI is InChI=1S/C12H19N3O2/c1-5-15(7-8(2)3)12-13-6-10(11(16)17)9(4)14-12/h6,8H,5,7H2,1-4H3,(H,16,17). The molecule has 0 fully saturated rings. The minimum absolute atomic E-state index is 0.161. The summed E-state index contributed by atoms with van der Waals surface area (Å²) in [4.78, 5) is 21.3. The lowest BCUT2D eigenvalue weighted by atomic mass is 10.2. The zero-order valence-electron chi connectivity index (χ0n) is 10.8. The highest BCUT2D eigenvalue weighted by Gasteiger charge is 2.14. The number of carboxylic acids is 1. The van der Waals surface area contributed by atoms with Gasteiger partial charge in [0, 0.05) is 19.3 Å². The molecule has 0 atom stereocenters. The first-order chi connectivity index (χ1) is 7.95. The van der Waals surface area contributed by atoms with Crippen molar-refractivity contribution in [2.45, 2.75) is 27.7 Å². The molecule has 0 spiro atoms. The normalized spacial score (nSPS) is 10.6. The van der Waals surface area contributed by atoms with E-state index in [0.717, 1.165) is 13.1 Å². The van der Waals surface area contributed by atoms with E-state index in [1.807, 2.05) is 11.8 Å². The van der Waals surface area contributed by atoms with Crippen LogP contribution < -0.4 is 4.90 Å². The van der Waals surface area contributed by atoms with E-state index in [1.54, 1.807) is 6.92 Å². The lowest BCUT2D eigenvalue weighted by Crippen LogP contribution is -2.29. The van der Waals surface area contributed by atoms with Crippen LogP contribution in [-0.2, 0) is 0 Å². The Morgan fingerprint density at radius 3 is 2.59 bits per heavy atom. The first-order valence-corrected chi connectivity index (χ1v) is 5.77. The minimum Gasteiger partial charge on any atom is -0.478 e.